The number of aryl methyl sites for hydroxylation is 1. The van der Waals surface area contributed by atoms with Gasteiger partial charge >= 0.3 is 0 Å². The lowest BCUT2D eigenvalue weighted by Crippen LogP contribution is -1.93. The second-order valence-electron chi connectivity index (χ2n) is 3.18. The van der Waals surface area contributed by atoms with Crippen LogP contribution >= 0.6 is 0 Å². The molecular formula is C11H9N3O. The van der Waals surface area contributed by atoms with Gasteiger partial charge in [-0.1, -0.05) is 0 Å². The van der Waals surface area contributed by atoms with Crippen molar-refractivity contribution >= 4 is 6.29 Å². The van der Waals surface area contributed by atoms with Gasteiger partial charge in [0.1, 0.15) is 5.69 Å². The molecule has 4 nitrogen and oxygen atoms in total. The van der Waals surface area contributed by atoms with Crippen molar-refractivity contribution in [2.24, 2.45) is 0 Å². The second-order valence-corrected chi connectivity index (χ2v) is 3.18. The van der Waals surface area contributed by atoms with Crippen molar-refractivity contribution in [2.75, 3.05) is 0 Å². The molecule has 2 rings (SSSR count). The van der Waals surface area contributed by atoms with Gasteiger partial charge in [-0.25, -0.2) is 9.97 Å². The first-order chi connectivity index (χ1) is 7.29. The highest BCUT2D eigenvalue weighted by molar-refractivity contribution is 5.73. The predicted molar refractivity (Wildman–Crippen MR) is 55.4 cm³/mol. The predicted octanol–water partition coefficient (Wildman–Crippen LogP) is 1.66. The molecule has 0 unspecified atom stereocenters. The number of hydrogen-bond donors (Lipinski definition) is 0. The van der Waals surface area contributed by atoms with E-state index in [1.807, 2.05) is 19.1 Å². The SMILES string of the molecule is Cc1ccnc(-c2ncc(C=O)cn2)c1. The molecule has 0 aromatic carbocycles. The Kier molecular flexibility index (Phi) is 2.49. The molecule has 0 spiro atoms. The van der Waals surface area contributed by atoms with E-state index in [2.05, 4.69) is 15.0 Å². The first-order valence-electron chi connectivity index (χ1n) is 4.50. The van der Waals surface area contributed by atoms with Crippen LogP contribution in [0.2, 0.25) is 0 Å². The number of aromatic nitrogens is 3. The minimum Gasteiger partial charge on any atom is -0.298 e. The van der Waals surface area contributed by atoms with Crippen LogP contribution in [0.1, 0.15) is 15.9 Å². The summed E-state index contributed by atoms with van der Waals surface area (Å²) >= 11 is 0. The number of carbonyl (C=O) groups excluding carboxylic acids is 1. The molecule has 74 valence electrons. The van der Waals surface area contributed by atoms with Crippen LogP contribution < -0.4 is 0 Å². The minimum absolute atomic E-state index is 0.464. The first kappa shape index (κ1) is 9.45. The van der Waals surface area contributed by atoms with E-state index in [1.165, 1.54) is 12.4 Å². The van der Waals surface area contributed by atoms with E-state index in [4.69, 9.17) is 0 Å². The van der Waals surface area contributed by atoms with Crippen LogP contribution in [0.15, 0.2) is 30.7 Å². The molecule has 2 aromatic rings. The zero-order valence-corrected chi connectivity index (χ0v) is 8.21. The second kappa shape index (κ2) is 3.96. The Morgan fingerprint density at radius 1 is 1.20 bits per heavy atom. The van der Waals surface area contributed by atoms with Gasteiger partial charge in [0.05, 0.1) is 5.56 Å². The first-order valence-corrected chi connectivity index (χ1v) is 4.50. The highest BCUT2D eigenvalue weighted by Crippen LogP contribution is 2.11. The van der Waals surface area contributed by atoms with Crippen LogP contribution in [0, 0.1) is 6.92 Å². The molecule has 15 heavy (non-hydrogen) atoms. The molecule has 2 heterocycles. The Morgan fingerprint density at radius 3 is 2.53 bits per heavy atom. The van der Waals surface area contributed by atoms with E-state index in [0.717, 1.165) is 5.56 Å². The van der Waals surface area contributed by atoms with Gasteiger partial charge in [-0.3, -0.25) is 9.78 Å². The number of hydrogen-bond acceptors (Lipinski definition) is 4. The molecule has 0 amide bonds. The Labute approximate surface area is 87.0 Å². The van der Waals surface area contributed by atoms with Crippen molar-refractivity contribution in [3.8, 4) is 11.5 Å². The quantitative estimate of drug-likeness (QED) is 0.690. The topological polar surface area (TPSA) is 55.7 Å². The van der Waals surface area contributed by atoms with Gasteiger partial charge in [-0.2, -0.15) is 0 Å². The Morgan fingerprint density at radius 2 is 1.93 bits per heavy atom. The van der Waals surface area contributed by atoms with Gasteiger partial charge < -0.3 is 0 Å². The molecule has 0 radical (unpaired) electrons. The highest BCUT2D eigenvalue weighted by Gasteiger charge is 2.02. The van der Waals surface area contributed by atoms with Crippen molar-refractivity contribution in [2.45, 2.75) is 6.92 Å². The minimum atomic E-state index is 0.464. The van der Waals surface area contributed by atoms with E-state index >= 15 is 0 Å². The van der Waals surface area contributed by atoms with Gasteiger partial charge in [0.2, 0.25) is 0 Å². The largest absolute Gasteiger partial charge is 0.298 e. The van der Waals surface area contributed by atoms with E-state index in [1.54, 1.807) is 6.20 Å². The van der Waals surface area contributed by atoms with Crippen molar-refractivity contribution in [1.82, 2.24) is 15.0 Å². The summed E-state index contributed by atoms with van der Waals surface area (Å²) in [4.78, 5) is 22.7. The fourth-order valence-corrected chi connectivity index (χ4v) is 1.19. The van der Waals surface area contributed by atoms with Crippen LogP contribution in [0.25, 0.3) is 11.5 Å². The average Bonchev–Trinajstić information content (AvgIpc) is 2.29. The molecule has 0 fully saturated rings. The van der Waals surface area contributed by atoms with E-state index < -0.39 is 0 Å². The van der Waals surface area contributed by atoms with Crippen LogP contribution in [-0.4, -0.2) is 21.2 Å². The number of carbonyl (C=O) groups is 1. The van der Waals surface area contributed by atoms with E-state index in [9.17, 15) is 4.79 Å². The fraction of sp³-hybridized carbons (Fsp3) is 0.0909. The lowest BCUT2D eigenvalue weighted by Gasteiger charge is -1.99. The molecule has 0 aliphatic rings. The van der Waals surface area contributed by atoms with Gasteiger partial charge in [-0.05, 0) is 24.6 Å². The third kappa shape index (κ3) is 2.04. The lowest BCUT2D eigenvalue weighted by molar-refractivity contribution is 0.112. The number of rotatable bonds is 2. The molecule has 0 atom stereocenters. The van der Waals surface area contributed by atoms with E-state index in [-0.39, 0.29) is 0 Å². The molecule has 4 heteroatoms. The summed E-state index contributed by atoms with van der Waals surface area (Å²) in [6.07, 6.45) is 5.40. The molecule has 0 aliphatic carbocycles. The third-order valence-corrected chi connectivity index (χ3v) is 1.95. The maximum Gasteiger partial charge on any atom is 0.178 e. The smallest absolute Gasteiger partial charge is 0.178 e. The molecule has 0 saturated carbocycles. The summed E-state index contributed by atoms with van der Waals surface area (Å²) in [5, 5.41) is 0. The maximum absolute atomic E-state index is 10.4. The van der Waals surface area contributed by atoms with Crippen molar-refractivity contribution in [3.05, 3.63) is 41.9 Å². The van der Waals surface area contributed by atoms with Crippen LogP contribution in [0.5, 0.6) is 0 Å². The van der Waals surface area contributed by atoms with Crippen LogP contribution in [0.3, 0.4) is 0 Å². The van der Waals surface area contributed by atoms with Crippen molar-refractivity contribution < 1.29 is 4.79 Å². The summed E-state index contributed by atoms with van der Waals surface area (Å²) < 4.78 is 0. The molecule has 2 aromatic heterocycles. The summed E-state index contributed by atoms with van der Waals surface area (Å²) in [6, 6.07) is 3.80. The van der Waals surface area contributed by atoms with Gasteiger partial charge in [0.15, 0.2) is 12.1 Å². The van der Waals surface area contributed by atoms with Crippen molar-refractivity contribution in [1.29, 1.82) is 0 Å². The lowest BCUT2D eigenvalue weighted by atomic mass is 10.2. The number of aldehydes is 1. The molecule has 0 aliphatic heterocycles. The third-order valence-electron chi connectivity index (χ3n) is 1.95. The van der Waals surface area contributed by atoms with Crippen LogP contribution in [-0.2, 0) is 0 Å². The standard InChI is InChI=1S/C11H9N3O/c1-8-2-3-12-10(4-8)11-13-5-9(7-15)6-14-11/h2-7H,1H3. The highest BCUT2D eigenvalue weighted by atomic mass is 16.1. The Bertz CT molecular complexity index is 479. The van der Waals surface area contributed by atoms with E-state index in [0.29, 0.717) is 23.4 Å². The molecule has 0 N–H and O–H groups in total. The van der Waals surface area contributed by atoms with Gasteiger partial charge in [0, 0.05) is 18.6 Å². The van der Waals surface area contributed by atoms with Crippen molar-refractivity contribution in [3.63, 3.8) is 0 Å². The summed E-state index contributed by atoms with van der Waals surface area (Å²) in [6.45, 7) is 1.98. The number of pyridine rings is 1. The fourth-order valence-electron chi connectivity index (χ4n) is 1.19. The maximum atomic E-state index is 10.4. The van der Waals surface area contributed by atoms with Gasteiger partial charge in [0.25, 0.3) is 0 Å². The summed E-state index contributed by atoms with van der Waals surface area (Å²) in [5.74, 6) is 0.532. The normalized spacial score (nSPS) is 9.93. The Hall–Kier alpha value is -2.10. The number of nitrogens with zero attached hydrogens (tertiary/aromatic N) is 3. The zero-order valence-electron chi connectivity index (χ0n) is 8.21. The molecule has 0 saturated heterocycles. The Balaban J connectivity index is 2.41. The van der Waals surface area contributed by atoms with Gasteiger partial charge in [-0.15, -0.1) is 0 Å². The average molecular weight is 199 g/mol. The monoisotopic (exact) mass is 199 g/mol. The zero-order chi connectivity index (χ0) is 10.7. The molecular weight excluding hydrogens is 190 g/mol. The van der Waals surface area contributed by atoms with Crippen LogP contribution in [0.4, 0.5) is 0 Å². The molecule has 0 bridgehead atoms. The summed E-state index contributed by atoms with van der Waals surface area (Å²) in [7, 11) is 0. The summed E-state index contributed by atoms with van der Waals surface area (Å²) in [5.41, 5.74) is 2.28.